The molecular weight excluding hydrogens is 228 g/mol. The van der Waals surface area contributed by atoms with E-state index >= 15 is 0 Å². The Hall–Kier alpha value is -2.10. The normalized spacial score (nSPS) is 18.3. The number of nitrogens with one attached hydrogen (secondary N) is 2. The molecule has 0 aliphatic carbocycles. The highest BCUT2D eigenvalue weighted by atomic mass is 16.2. The van der Waals surface area contributed by atoms with Crippen LogP contribution in [0.1, 0.15) is 12.5 Å². The van der Waals surface area contributed by atoms with Gasteiger partial charge in [0.15, 0.2) is 0 Å². The van der Waals surface area contributed by atoms with Gasteiger partial charge in [-0.3, -0.25) is 9.59 Å². The summed E-state index contributed by atoms with van der Waals surface area (Å²) in [4.78, 5) is 23.2. The van der Waals surface area contributed by atoms with Crippen LogP contribution >= 0.6 is 0 Å². The summed E-state index contributed by atoms with van der Waals surface area (Å²) in [6.45, 7) is 2.15. The first-order chi connectivity index (χ1) is 8.70. The van der Waals surface area contributed by atoms with E-state index in [4.69, 9.17) is 0 Å². The summed E-state index contributed by atoms with van der Waals surface area (Å²) in [6.07, 6.45) is 3.79. The third kappa shape index (κ3) is 2.77. The lowest BCUT2D eigenvalue weighted by molar-refractivity contribution is -0.120. The van der Waals surface area contributed by atoms with Crippen molar-refractivity contribution in [2.24, 2.45) is 5.92 Å². The van der Waals surface area contributed by atoms with Gasteiger partial charge in [-0.1, -0.05) is 24.3 Å². The van der Waals surface area contributed by atoms with E-state index in [1.165, 1.54) is 6.08 Å². The molecule has 4 nitrogen and oxygen atoms in total. The zero-order chi connectivity index (χ0) is 13.0. The van der Waals surface area contributed by atoms with Crippen molar-refractivity contribution in [1.82, 2.24) is 5.32 Å². The lowest BCUT2D eigenvalue weighted by atomic mass is 9.93. The lowest BCUT2D eigenvalue weighted by Crippen LogP contribution is -2.38. The standard InChI is InChI=1S/C14H16N2O2/c1-2-5-13(17)15-9-11-8-10-6-3-4-7-12(10)16-14(11)18/h2-7,11H,8-9H2,1H3,(H,15,17)(H,16,18)/b5-2+. The van der Waals surface area contributed by atoms with Crippen LogP contribution in [0, 0.1) is 5.92 Å². The molecule has 1 unspecified atom stereocenters. The van der Waals surface area contributed by atoms with Gasteiger partial charge in [0.2, 0.25) is 11.8 Å². The molecular formula is C14H16N2O2. The first kappa shape index (κ1) is 12.4. The Morgan fingerprint density at radius 2 is 2.28 bits per heavy atom. The highest BCUT2D eigenvalue weighted by Crippen LogP contribution is 2.24. The van der Waals surface area contributed by atoms with Crippen molar-refractivity contribution >= 4 is 17.5 Å². The van der Waals surface area contributed by atoms with Gasteiger partial charge in [-0.15, -0.1) is 0 Å². The van der Waals surface area contributed by atoms with Gasteiger partial charge in [0.05, 0.1) is 5.92 Å². The minimum atomic E-state index is -0.200. The second-order valence-electron chi connectivity index (χ2n) is 4.29. The molecule has 0 saturated carbocycles. The van der Waals surface area contributed by atoms with Gasteiger partial charge in [-0.05, 0) is 31.1 Å². The molecule has 0 spiro atoms. The maximum Gasteiger partial charge on any atom is 0.243 e. The van der Waals surface area contributed by atoms with Crippen LogP contribution in [-0.4, -0.2) is 18.4 Å². The molecule has 0 aromatic heterocycles. The summed E-state index contributed by atoms with van der Waals surface area (Å²) >= 11 is 0. The Kier molecular flexibility index (Phi) is 3.77. The van der Waals surface area contributed by atoms with E-state index in [2.05, 4.69) is 10.6 Å². The number of carbonyl (C=O) groups is 2. The van der Waals surface area contributed by atoms with Crippen LogP contribution in [0.4, 0.5) is 5.69 Å². The van der Waals surface area contributed by atoms with Crippen molar-refractivity contribution < 1.29 is 9.59 Å². The van der Waals surface area contributed by atoms with Gasteiger partial charge in [-0.25, -0.2) is 0 Å². The van der Waals surface area contributed by atoms with E-state index in [1.807, 2.05) is 24.3 Å². The number of benzene rings is 1. The van der Waals surface area contributed by atoms with E-state index < -0.39 is 0 Å². The molecule has 1 aromatic rings. The minimum absolute atomic E-state index is 0.0329. The van der Waals surface area contributed by atoms with E-state index in [-0.39, 0.29) is 17.7 Å². The number of fused-ring (bicyclic) bond motifs is 1. The number of anilines is 1. The number of amides is 2. The Morgan fingerprint density at radius 3 is 3.06 bits per heavy atom. The highest BCUT2D eigenvalue weighted by molar-refractivity contribution is 5.96. The Balaban J connectivity index is 2.00. The minimum Gasteiger partial charge on any atom is -0.352 e. The molecule has 0 fully saturated rings. The van der Waals surface area contributed by atoms with E-state index in [0.717, 1.165) is 11.3 Å². The quantitative estimate of drug-likeness (QED) is 0.791. The molecule has 94 valence electrons. The van der Waals surface area contributed by atoms with Crippen molar-refractivity contribution in [2.75, 3.05) is 11.9 Å². The maximum absolute atomic E-state index is 11.8. The lowest BCUT2D eigenvalue weighted by Gasteiger charge is -2.24. The number of hydrogen-bond donors (Lipinski definition) is 2. The molecule has 18 heavy (non-hydrogen) atoms. The smallest absolute Gasteiger partial charge is 0.243 e. The number of allylic oxidation sites excluding steroid dienone is 1. The largest absolute Gasteiger partial charge is 0.352 e. The van der Waals surface area contributed by atoms with Crippen LogP contribution in [0.5, 0.6) is 0 Å². The fraction of sp³-hybridized carbons (Fsp3) is 0.286. The van der Waals surface area contributed by atoms with Crippen molar-refractivity contribution in [3.63, 3.8) is 0 Å². The van der Waals surface area contributed by atoms with Crippen LogP contribution in [0.3, 0.4) is 0 Å². The van der Waals surface area contributed by atoms with Gasteiger partial charge in [0.25, 0.3) is 0 Å². The molecule has 2 amide bonds. The number of rotatable bonds is 3. The average Bonchev–Trinajstić information content (AvgIpc) is 2.36. The SMILES string of the molecule is C/C=C/C(=O)NCC1Cc2ccccc2NC1=O. The summed E-state index contributed by atoms with van der Waals surface area (Å²) in [6, 6.07) is 7.73. The predicted molar refractivity (Wildman–Crippen MR) is 70.1 cm³/mol. The molecule has 1 aromatic carbocycles. The second-order valence-corrected chi connectivity index (χ2v) is 4.29. The van der Waals surface area contributed by atoms with Crippen molar-refractivity contribution in [3.8, 4) is 0 Å². The topological polar surface area (TPSA) is 58.2 Å². The highest BCUT2D eigenvalue weighted by Gasteiger charge is 2.25. The molecule has 0 saturated heterocycles. The first-order valence-electron chi connectivity index (χ1n) is 6.00. The molecule has 1 aliphatic heterocycles. The van der Waals surface area contributed by atoms with Crippen LogP contribution in [0.25, 0.3) is 0 Å². The third-order valence-electron chi connectivity index (χ3n) is 2.95. The summed E-state index contributed by atoms with van der Waals surface area (Å²) in [5.41, 5.74) is 1.99. The summed E-state index contributed by atoms with van der Waals surface area (Å²) in [5, 5.41) is 5.59. The molecule has 1 heterocycles. The van der Waals surface area contributed by atoms with Crippen LogP contribution in [-0.2, 0) is 16.0 Å². The predicted octanol–water partition coefficient (Wildman–Crippen LogP) is 1.49. The zero-order valence-electron chi connectivity index (χ0n) is 10.3. The first-order valence-corrected chi connectivity index (χ1v) is 6.00. The number of hydrogen-bond acceptors (Lipinski definition) is 2. The van der Waals surface area contributed by atoms with Crippen molar-refractivity contribution in [2.45, 2.75) is 13.3 Å². The van der Waals surface area contributed by atoms with Crippen molar-refractivity contribution in [1.29, 1.82) is 0 Å². The van der Waals surface area contributed by atoms with Gasteiger partial charge in [-0.2, -0.15) is 0 Å². The van der Waals surface area contributed by atoms with E-state index in [0.29, 0.717) is 13.0 Å². The van der Waals surface area contributed by atoms with Gasteiger partial charge in [0, 0.05) is 12.2 Å². The number of para-hydroxylation sites is 1. The van der Waals surface area contributed by atoms with Gasteiger partial charge < -0.3 is 10.6 Å². The molecule has 2 N–H and O–H groups in total. The monoisotopic (exact) mass is 244 g/mol. The van der Waals surface area contributed by atoms with Crippen LogP contribution in [0.2, 0.25) is 0 Å². The maximum atomic E-state index is 11.8. The van der Waals surface area contributed by atoms with Crippen LogP contribution < -0.4 is 10.6 Å². The Morgan fingerprint density at radius 1 is 1.50 bits per heavy atom. The number of carbonyl (C=O) groups excluding carboxylic acids is 2. The summed E-state index contributed by atoms with van der Waals surface area (Å²) < 4.78 is 0. The van der Waals surface area contributed by atoms with Crippen molar-refractivity contribution in [3.05, 3.63) is 42.0 Å². The zero-order valence-corrected chi connectivity index (χ0v) is 10.3. The fourth-order valence-electron chi connectivity index (χ4n) is 2.01. The molecule has 4 heteroatoms. The fourth-order valence-corrected chi connectivity index (χ4v) is 2.01. The second kappa shape index (κ2) is 5.49. The molecule has 0 bridgehead atoms. The van der Waals surface area contributed by atoms with Crippen LogP contribution in [0.15, 0.2) is 36.4 Å². The third-order valence-corrected chi connectivity index (χ3v) is 2.95. The molecule has 1 atom stereocenters. The van der Waals surface area contributed by atoms with E-state index in [1.54, 1.807) is 13.0 Å². The molecule has 0 radical (unpaired) electrons. The van der Waals surface area contributed by atoms with Gasteiger partial charge in [0.1, 0.15) is 0 Å². The summed E-state index contributed by atoms with van der Waals surface area (Å²) in [7, 11) is 0. The summed E-state index contributed by atoms with van der Waals surface area (Å²) in [5.74, 6) is -0.396. The van der Waals surface area contributed by atoms with E-state index in [9.17, 15) is 9.59 Å². The van der Waals surface area contributed by atoms with Gasteiger partial charge >= 0.3 is 0 Å². The average molecular weight is 244 g/mol. The molecule has 2 rings (SSSR count). The Labute approximate surface area is 106 Å². The molecule has 1 aliphatic rings. The Bertz CT molecular complexity index is 494.